The van der Waals surface area contributed by atoms with E-state index in [1.807, 2.05) is 17.3 Å². The van der Waals surface area contributed by atoms with E-state index in [2.05, 4.69) is 86.2 Å². The van der Waals surface area contributed by atoms with Crippen molar-refractivity contribution in [3.63, 3.8) is 0 Å². The Bertz CT molecular complexity index is 1950. The molecule has 8 rings (SSSR count). The molecule has 0 bridgehead atoms. The molecule has 2 amide bonds. The number of methoxy groups -OCH3 is 1. The van der Waals surface area contributed by atoms with E-state index in [0.29, 0.717) is 12.6 Å². The van der Waals surface area contributed by atoms with Crippen molar-refractivity contribution >= 4 is 22.8 Å². The first-order valence-electron chi connectivity index (χ1n) is 17.7. The number of nitrogens with one attached hydrogen (secondary N) is 4. The van der Waals surface area contributed by atoms with Crippen LogP contribution < -0.4 is 10.6 Å². The maximum Gasteiger partial charge on any atom is 0.407 e. The van der Waals surface area contributed by atoms with Gasteiger partial charge in [0.2, 0.25) is 5.91 Å². The second-order valence-electron chi connectivity index (χ2n) is 13.7. The molecule has 3 aromatic carbocycles. The molecule has 2 aliphatic heterocycles. The van der Waals surface area contributed by atoms with Crippen LogP contribution in [0.25, 0.3) is 44.4 Å². The molecular formula is C39H43N7O3. The van der Waals surface area contributed by atoms with Crippen molar-refractivity contribution < 1.29 is 14.3 Å². The second kappa shape index (κ2) is 13.5. The van der Waals surface area contributed by atoms with E-state index in [1.165, 1.54) is 24.3 Å². The van der Waals surface area contributed by atoms with Gasteiger partial charge in [-0.25, -0.2) is 14.8 Å². The smallest absolute Gasteiger partial charge is 0.407 e. The van der Waals surface area contributed by atoms with Gasteiger partial charge in [-0.2, -0.15) is 0 Å². The van der Waals surface area contributed by atoms with Crippen molar-refractivity contribution in [1.82, 2.24) is 35.5 Å². The summed E-state index contributed by atoms with van der Waals surface area (Å²) in [6.45, 7) is 1.70. The van der Waals surface area contributed by atoms with Gasteiger partial charge in [-0.1, -0.05) is 61.4 Å². The van der Waals surface area contributed by atoms with Crippen molar-refractivity contribution in [3.8, 4) is 33.6 Å². The number of hydrogen-bond donors (Lipinski definition) is 4. The Kier molecular flexibility index (Phi) is 8.63. The third-order valence-corrected chi connectivity index (χ3v) is 10.7. The first-order valence-corrected chi connectivity index (χ1v) is 17.7. The SMILES string of the molecule is COC(=O)N[C@H](C(=O)N1CCC[C@H]1c1ncc(-c2ccc(-c3ccc4cc(-c5cnc([C@@H]6CCCN6)[nH]5)ccc4c3)cc2)[nH]1)C1CCCC1. The number of H-pyrrole nitrogens is 2. The van der Waals surface area contributed by atoms with Gasteiger partial charge in [-0.3, -0.25) is 4.79 Å². The number of imidazole rings is 2. The number of hydrogen-bond acceptors (Lipinski definition) is 6. The van der Waals surface area contributed by atoms with Crippen molar-refractivity contribution in [3.05, 3.63) is 84.7 Å². The molecule has 4 N–H and O–H groups in total. The Morgan fingerprint density at radius 2 is 1.43 bits per heavy atom. The summed E-state index contributed by atoms with van der Waals surface area (Å²) in [6, 6.07) is 21.3. The highest BCUT2D eigenvalue weighted by molar-refractivity contribution is 5.90. The van der Waals surface area contributed by atoms with E-state index in [4.69, 9.17) is 9.72 Å². The molecule has 2 aromatic heterocycles. The molecule has 0 unspecified atom stereocenters. The number of carbonyl (C=O) groups is 2. The van der Waals surface area contributed by atoms with Gasteiger partial charge in [-0.15, -0.1) is 0 Å². The van der Waals surface area contributed by atoms with Gasteiger partial charge in [0.15, 0.2) is 0 Å². The van der Waals surface area contributed by atoms with E-state index in [-0.39, 0.29) is 17.9 Å². The van der Waals surface area contributed by atoms with Crippen molar-refractivity contribution in [2.45, 2.75) is 69.5 Å². The highest BCUT2D eigenvalue weighted by atomic mass is 16.5. The predicted molar refractivity (Wildman–Crippen MR) is 189 cm³/mol. The third kappa shape index (κ3) is 6.33. The lowest BCUT2D eigenvalue weighted by atomic mass is 9.96. The number of likely N-dealkylation sites (tertiary alicyclic amines) is 1. The first-order chi connectivity index (χ1) is 24.0. The van der Waals surface area contributed by atoms with Gasteiger partial charge in [0.05, 0.1) is 43.0 Å². The van der Waals surface area contributed by atoms with Gasteiger partial charge in [0.25, 0.3) is 0 Å². The quantitative estimate of drug-likeness (QED) is 0.139. The molecule has 3 fully saturated rings. The maximum absolute atomic E-state index is 13.8. The molecule has 10 nitrogen and oxygen atoms in total. The largest absolute Gasteiger partial charge is 0.453 e. The minimum atomic E-state index is -0.571. The van der Waals surface area contributed by atoms with Gasteiger partial charge >= 0.3 is 6.09 Å². The van der Waals surface area contributed by atoms with E-state index in [0.717, 1.165) is 96.8 Å². The molecule has 4 heterocycles. The molecule has 5 aromatic rings. The van der Waals surface area contributed by atoms with Gasteiger partial charge < -0.3 is 30.2 Å². The molecule has 0 radical (unpaired) electrons. The summed E-state index contributed by atoms with van der Waals surface area (Å²) in [5, 5.41) is 8.73. The van der Waals surface area contributed by atoms with E-state index in [1.54, 1.807) is 0 Å². The van der Waals surface area contributed by atoms with Gasteiger partial charge in [-0.05, 0) is 90.6 Å². The Hall–Kier alpha value is -4.96. The average molecular weight is 658 g/mol. The Morgan fingerprint density at radius 1 is 0.776 bits per heavy atom. The van der Waals surface area contributed by atoms with Crippen molar-refractivity contribution in [2.75, 3.05) is 20.2 Å². The Morgan fingerprint density at radius 3 is 2.16 bits per heavy atom. The maximum atomic E-state index is 13.8. The van der Waals surface area contributed by atoms with Crippen LogP contribution in [-0.4, -0.2) is 63.1 Å². The van der Waals surface area contributed by atoms with Crippen LogP contribution >= 0.6 is 0 Å². The number of aromatic amines is 2. The monoisotopic (exact) mass is 657 g/mol. The lowest BCUT2D eigenvalue weighted by Gasteiger charge is -2.31. The summed E-state index contributed by atoms with van der Waals surface area (Å²) in [5.74, 6) is 1.89. The number of benzene rings is 3. The zero-order valence-corrected chi connectivity index (χ0v) is 27.9. The van der Waals surface area contributed by atoms with Crippen molar-refractivity contribution in [1.29, 1.82) is 0 Å². The number of amides is 2. The molecular weight excluding hydrogens is 614 g/mol. The highest BCUT2D eigenvalue weighted by Crippen LogP contribution is 2.36. The van der Waals surface area contributed by atoms with Crippen molar-refractivity contribution in [2.24, 2.45) is 5.92 Å². The molecule has 49 heavy (non-hydrogen) atoms. The van der Waals surface area contributed by atoms with Crippen LogP contribution in [0.3, 0.4) is 0 Å². The fourth-order valence-corrected chi connectivity index (χ4v) is 8.02. The third-order valence-electron chi connectivity index (χ3n) is 10.7. The summed E-state index contributed by atoms with van der Waals surface area (Å²) in [7, 11) is 1.34. The molecule has 0 spiro atoms. The van der Waals surface area contributed by atoms with Crippen LogP contribution in [0.2, 0.25) is 0 Å². The zero-order chi connectivity index (χ0) is 33.3. The summed E-state index contributed by atoms with van der Waals surface area (Å²) in [5.41, 5.74) is 6.43. The second-order valence-corrected chi connectivity index (χ2v) is 13.7. The molecule has 10 heteroatoms. The van der Waals surface area contributed by atoms with E-state index in [9.17, 15) is 9.59 Å². The molecule has 252 valence electrons. The topological polar surface area (TPSA) is 128 Å². The molecule has 3 atom stereocenters. The Labute approximate surface area is 286 Å². The van der Waals surface area contributed by atoms with Crippen LogP contribution in [0.1, 0.15) is 75.1 Å². The van der Waals surface area contributed by atoms with Gasteiger partial charge in [0.1, 0.15) is 17.7 Å². The molecule has 1 saturated carbocycles. The lowest BCUT2D eigenvalue weighted by Crippen LogP contribution is -2.51. The molecule has 3 aliphatic rings. The fourth-order valence-electron chi connectivity index (χ4n) is 8.02. The number of carbonyl (C=O) groups excluding carboxylic acids is 2. The van der Waals surface area contributed by atoms with E-state index >= 15 is 0 Å². The van der Waals surface area contributed by atoms with Crippen LogP contribution in [0.15, 0.2) is 73.1 Å². The molecule has 1 aliphatic carbocycles. The van der Waals surface area contributed by atoms with Crippen LogP contribution in [0.5, 0.6) is 0 Å². The average Bonchev–Trinajstić information content (AvgIpc) is 3.98. The normalized spacial score (nSPS) is 20.2. The number of alkyl carbamates (subject to hydrolysis) is 1. The summed E-state index contributed by atoms with van der Waals surface area (Å²) >= 11 is 0. The highest BCUT2D eigenvalue weighted by Gasteiger charge is 2.40. The van der Waals surface area contributed by atoms with Crippen LogP contribution in [0.4, 0.5) is 4.79 Å². The standard InChI is InChI=1S/C39H43N7O3/c1-49-39(48)45-35(26-6-2-3-7-26)38(47)46-19-5-9-34(46)37-42-22-32(44-37)25-12-10-24(11-13-25)27-14-15-29-21-30(17-16-28(29)20-27)33-23-41-36(43-33)31-8-4-18-40-31/h10-17,20-23,26,31,34-35,40H,2-9,18-19H2,1H3,(H,41,43)(H,42,44)(H,45,48)/t31-,34-,35-/m0/s1. The first kappa shape index (κ1) is 31.3. The number of aromatic nitrogens is 4. The fraction of sp³-hybridized carbons (Fsp3) is 0.385. The Balaban J connectivity index is 0.963. The molecule has 2 saturated heterocycles. The summed E-state index contributed by atoms with van der Waals surface area (Å²) in [6.07, 6.45) is 11.3. The van der Waals surface area contributed by atoms with Gasteiger partial charge in [0, 0.05) is 12.1 Å². The minimum Gasteiger partial charge on any atom is -0.453 e. The summed E-state index contributed by atoms with van der Waals surface area (Å²) in [4.78, 5) is 44.3. The van der Waals surface area contributed by atoms with E-state index < -0.39 is 12.1 Å². The van der Waals surface area contributed by atoms with Crippen LogP contribution in [0, 0.1) is 5.92 Å². The predicted octanol–water partition coefficient (Wildman–Crippen LogP) is 7.29. The number of fused-ring (bicyclic) bond motifs is 1. The van der Waals surface area contributed by atoms with Crippen LogP contribution in [-0.2, 0) is 9.53 Å². The summed E-state index contributed by atoms with van der Waals surface area (Å²) < 4.78 is 4.86. The minimum absolute atomic E-state index is 0.0407. The number of nitrogens with zero attached hydrogens (tertiary/aromatic N) is 3. The number of rotatable bonds is 8. The lowest BCUT2D eigenvalue weighted by molar-refractivity contribution is -0.135. The zero-order valence-electron chi connectivity index (χ0n) is 27.9. The number of ether oxygens (including phenoxy) is 1.